The van der Waals surface area contributed by atoms with Gasteiger partial charge in [-0.2, -0.15) is 0 Å². The molecule has 1 aromatic carbocycles. The van der Waals surface area contributed by atoms with Crippen LogP contribution < -0.4 is 15.6 Å². The summed E-state index contributed by atoms with van der Waals surface area (Å²) in [4.78, 5) is 35.4. The largest absolute Gasteiger partial charge is 0.497 e. The van der Waals surface area contributed by atoms with Gasteiger partial charge in [0.15, 0.2) is 5.16 Å². The second-order valence-electron chi connectivity index (χ2n) is 8.05. The monoisotopic (exact) mass is 496 g/mol. The van der Waals surface area contributed by atoms with Crippen LogP contribution >= 0.6 is 23.1 Å². The molecule has 10 heteroatoms. The van der Waals surface area contributed by atoms with Gasteiger partial charge in [-0.25, -0.2) is 4.98 Å². The number of amides is 1. The summed E-state index contributed by atoms with van der Waals surface area (Å²) in [6.07, 6.45) is 2.39. The summed E-state index contributed by atoms with van der Waals surface area (Å²) in [6.45, 7) is 2.03. The highest BCUT2D eigenvalue weighted by atomic mass is 32.2. The van der Waals surface area contributed by atoms with Gasteiger partial charge in [0.25, 0.3) is 5.56 Å². The van der Waals surface area contributed by atoms with Crippen LogP contribution in [0.3, 0.4) is 0 Å². The van der Waals surface area contributed by atoms with Crippen LogP contribution in [-0.4, -0.2) is 46.8 Å². The predicted octanol–water partition coefficient (Wildman–Crippen LogP) is 3.45. The Morgan fingerprint density at radius 2 is 2.21 bits per heavy atom. The lowest BCUT2D eigenvalue weighted by Crippen LogP contribution is -2.28. The van der Waals surface area contributed by atoms with Gasteiger partial charge in [0.2, 0.25) is 5.91 Å². The van der Waals surface area contributed by atoms with Gasteiger partial charge in [-0.15, -0.1) is 11.3 Å². The molecule has 3 aromatic heterocycles. The molecule has 0 radical (unpaired) electrons. The number of likely N-dealkylation sites (N-methyl/N-ethyl adjacent to an activating group) is 1. The molecule has 1 amide bonds. The van der Waals surface area contributed by atoms with Gasteiger partial charge in [-0.3, -0.25) is 14.2 Å². The third-order valence-electron chi connectivity index (χ3n) is 5.72. The van der Waals surface area contributed by atoms with Crippen molar-refractivity contribution in [1.82, 2.24) is 19.8 Å². The molecule has 0 aliphatic carbocycles. The summed E-state index contributed by atoms with van der Waals surface area (Å²) in [7, 11) is 3.67. The number of nitrogens with zero attached hydrogens (tertiary/aromatic N) is 3. The Morgan fingerprint density at radius 3 is 3.00 bits per heavy atom. The summed E-state index contributed by atoms with van der Waals surface area (Å²) >= 11 is 2.81. The van der Waals surface area contributed by atoms with E-state index in [1.807, 2.05) is 24.3 Å². The normalized spacial score (nSPS) is 13.7. The number of fused-ring (bicyclic) bond motifs is 3. The average Bonchev–Trinajstić information content (AvgIpc) is 3.48. The highest BCUT2D eigenvalue weighted by molar-refractivity contribution is 7.99. The van der Waals surface area contributed by atoms with Gasteiger partial charge < -0.3 is 19.4 Å². The molecule has 0 saturated carbocycles. The van der Waals surface area contributed by atoms with Crippen molar-refractivity contribution < 1.29 is 13.9 Å². The second kappa shape index (κ2) is 9.65. The number of furan rings is 1. The molecule has 0 fully saturated rings. The first-order chi connectivity index (χ1) is 16.5. The van der Waals surface area contributed by atoms with Crippen molar-refractivity contribution in [2.24, 2.45) is 0 Å². The molecular formula is C24H24N4O4S2. The molecule has 5 rings (SSSR count). The van der Waals surface area contributed by atoms with Crippen molar-refractivity contribution in [3.05, 3.63) is 69.2 Å². The van der Waals surface area contributed by atoms with E-state index in [1.54, 1.807) is 41.4 Å². The molecule has 4 heterocycles. The second-order valence-corrected chi connectivity index (χ2v) is 10.1. The molecule has 0 bridgehead atoms. The van der Waals surface area contributed by atoms with Crippen molar-refractivity contribution in [2.45, 2.75) is 24.7 Å². The van der Waals surface area contributed by atoms with E-state index in [0.717, 1.165) is 29.9 Å². The summed E-state index contributed by atoms with van der Waals surface area (Å²) < 4.78 is 12.2. The number of thiophene rings is 1. The fourth-order valence-corrected chi connectivity index (χ4v) is 6.19. The molecule has 176 valence electrons. The summed E-state index contributed by atoms with van der Waals surface area (Å²) in [6, 6.07) is 10.9. The van der Waals surface area contributed by atoms with Crippen LogP contribution in [0, 0.1) is 0 Å². The zero-order chi connectivity index (χ0) is 23.7. The minimum absolute atomic E-state index is 0.112. The number of carbonyl (C=O) groups excluding carboxylic acids is 1. The SMILES string of the molecule is COc1cccc(-n2c(SCC(=O)NCc3ccco3)nc3sc4c(c3c2=O)CCN(C)C4)c1. The van der Waals surface area contributed by atoms with Crippen molar-refractivity contribution in [3.8, 4) is 11.4 Å². The maximum absolute atomic E-state index is 13.8. The molecule has 1 N–H and O–H groups in total. The zero-order valence-electron chi connectivity index (χ0n) is 18.9. The Labute approximate surface area is 204 Å². The van der Waals surface area contributed by atoms with E-state index in [9.17, 15) is 9.59 Å². The smallest absolute Gasteiger partial charge is 0.267 e. The molecule has 0 unspecified atom stereocenters. The number of hydrogen-bond donors (Lipinski definition) is 1. The van der Waals surface area contributed by atoms with E-state index in [2.05, 4.69) is 17.3 Å². The van der Waals surface area contributed by atoms with Gasteiger partial charge in [-0.05, 0) is 43.3 Å². The third-order valence-corrected chi connectivity index (χ3v) is 7.77. The van der Waals surface area contributed by atoms with Crippen LogP contribution in [0.1, 0.15) is 16.2 Å². The molecule has 0 spiro atoms. The predicted molar refractivity (Wildman–Crippen MR) is 133 cm³/mol. The molecule has 8 nitrogen and oxygen atoms in total. The van der Waals surface area contributed by atoms with Gasteiger partial charge in [0, 0.05) is 24.0 Å². The fourth-order valence-electron chi connectivity index (χ4n) is 4.01. The lowest BCUT2D eigenvalue weighted by molar-refractivity contribution is -0.118. The molecule has 34 heavy (non-hydrogen) atoms. The van der Waals surface area contributed by atoms with Gasteiger partial charge in [0.1, 0.15) is 16.3 Å². The van der Waals surface area contributed by atoms with E-state index in [1.165, 1.54) is 16.6 Å². The van der Waals surface area contributed by atoms with Gasteiger partial charge in [-0.1, -0.05) is 17.8 Å². The minimum Gasteiger partial charge on any atom is -0.497 e. The number of methoxy groups -OCH3 is 1. The number of nitrogens with one attached hydrogen (secondary N) is 1. The standard InChI is InChI=1S/C24H24N4O4S2/c1-27-9-8-18-19(13-27)34-22-21(18)23(30)28(15-5-3-6-16(11-15)31-2)24(26-22)33-14-20(29)25-12-17-7-4-10-32-17/h3-7,10-11H,8-9,12-14H2,1-2H3,(H,25,29). The van der Waals surface area contributed by atoms with Crippen LogP contribution in [0.15, 0.2) is 57.0 Å². The molecule has 4 aromatic rings. The first-order valence-corrected chi connectivity index (χ1v) is 12.7. The highest BCUT2D eigenvalue weighted by Gasteiger charge is 2.25. The van der Waals surface area contributed by atoms with Crippen LogP contribution in [-0.2, 0) is 24.3 Å². The Morgan fingerprint density at radius 1 is 1.32 bits per heavy atom. The number of ether oxygens (including phenoxy) is 1. The average molecular weight is 497 g/mol. The molecular weight excluding hydrogens is 472 g/mol. The van der Waals surface area contributed by atoms with E-state index >= 15 is 0 Å². The highest BCUT2D eigenvalue weighted by Crippen LogP contribution is 2.34. The van der Waals surface area contributed by atoms with E-state index in [0.29, 0.717) is 34.3 Å². The molecule has 0 saturated heterocycles. The lowest BCUT2D eigenvalue weighted by Gasteiger charge is -2.21. The van der Waals surface area contributed by atoms with E-state index < -0.39 is 0 Å². The number of rotatable bonds is 7. The quantitative estimate of drug-likeness (QED) is 0.310. The minimum atomic E-state index is -0.167. The Hall–Kier alpha value is -3.08. The number of carbonyl (C=O) groups is 1. The number of thioether (sulfide) groups is 1. The molecule has 0 atom stereocenters. The summed E-state index contributed by atoms with van der Waals surface area (Å²) in [5, 5.41) is 4.00. The van der Waals surface area contributed by atoms with Crippen molar-refractivity contribution in [2.75, 3.05) is 26.5 Å². The Balaban J connectivity index is 1.52. The van der Waals surface area contributed by atoms with Gasteiger partial charge in [0.05, 0.1) is 36.7 Å². The number of hydrogen-bond acceptors (Lipinski definition) is 8. The van der Waals surface area contributed by atoms with Crippen LogP contribution in [0.25, 0.3) is 15.9 Å². The Kier molecular flexibility index (Phi) is 6.44. The lowest BCUT2D eigenvalue weighted by atomic mass is 10.1. The first-order valence-electron chi connectivity index (χ1n) is 10.9. The maximum atomic E-state index is 13.8. The van der Waals surface area contributed by atoms with Crippen LogP contribution in [0.4, 0.5) is 0 Å². The van der Waals surface area contributed by atoms with Crippen LogP contribution in [0.2, 0.25) is 0 Å². The van der Waals surface area contributed by atoms with Crippen molar-refractivity contribution in [1.29, 1.82) is 0 Å². The number of aromatic nitrogens is 2. The summed E-state index contributed by atoms with van der Waals surface area (Å²) in [5.41, 5.74) is 1.64. The van der Waals surface area contributed by atoms with Crippen molar-refractivity contribution >= 4 is 39.2 Å². The third kappa shape index (κ3) is 4.48. The maximum Gasteiger partial charge on any atom is 0.267 e. The molecule has 1 aliphatic heterocycles. The first kappa shape index (κ1) is 22.7. The molecule has 1 aliphatic rings. The van der Waals surface area contributed by atoms with Crippen molar-refractivity contribution in [3.63, 3.8) is 0 Å². The van der Waals surface area contributed by atoms with E-state index in [-0.39, 0.29) is 17.2 Å². The van der Waals surface area contributed by atoms with Crippen LogP contribution in [0.5, 0.6) is 5.75 Å². The van der Waals surface area contributed by atoms with E-state index in [4.69, 9.17) is 14.1 Å². The summed E-state index contributed by atoms with van der Waals surface area (Å²) in [5.74, 6) is 1.28. The zero-order valence-corrected chi connectivity index (χ0v) is 20.5. The fraction of sp³-hybridized carbons (Fsp3) is 0.292. The van der Waals surface area contributed by atoms with Gasteiger partial charge >= 0.3 is 0 Å². The topological polar surface area (TPSA) is 89.6 Å². The number of benzene rings is 1. The Bertz CT molecular complexity index is 1390.